The second kappa shape index (κ2) is 7.81. The molecule has 21 heavy (non-hydrogen) atoms. The van der Waals surface area contributed by atoms with Gasteiger partial charge in [-0.05, 0) is 51.4 Å². The quantitative estimate of drug-likeness (QED) is 0.821. The van der Waals surface area contributed by atoms with Gasteiger partial charge in [0.2, 0.25) is 0 Å². The van der Waals surface area contributed by atoms with Gasteiger partial charge in [0.1, 0.15) is 5.75 Å². The number of nitrogens with one attached hydrogen (secondary N) is 1. The zero-order valence-electron chi connectivity index (χ0n) is 13.7. The highest BCUT2D eigenvalue weighted by Crippen LogP contribution is 2.41. The van der Waals surface area contributed by atoms with E-state index in [0.717, 1.165) is 25.2 Å². The summed E-state index contributed by atoms with van der Waals surface area (Å²) < 4.78 is 11.8. The van der Waals surface area contributed by atoms with E-state index < -0.39 is 0 Å². The maximum absolute atomic E-state index is 6.26. The summed E-state index contributed by atoms with van der Waals surface area (Å²) in [5.74, 6) is 0.935. The van der Waals surface area contributed by atoms with Crippen molar-refractivity contribution in [1.82, 2.24) is 5.32 Å². The van der Waals surface area contributed by atoms with Crippen molar-refractivity contribution in [2.75, 3.05) is 20.3 Å². The summed E-state index contributed by atoms with van der Waals surface area (Å²) in [5.41, 5.74) is 1.23. The van der Waals surface area contributed by atoms with Gasteiger partial charge in [0.05, 0.1) is 18.2 Å². The largest absolute Gasteiger partial charge is 0.494 e. The minimum atomic E-state index is -0.0606. The van der Waals surface area contributed by atoms with Crippen LogP contribution in [-0.2, 0) is 4.74 Å². The molecule has 1 aromatic carbocycles. The van der Waals surface area contributed by atoms with Gasteiger partial charge in [0, 0.05) is 6.61 Å². The number of hydrogen-bond acceptors (Lipinski definition) is 3. The normalized spacial score (nSPS) is 19.2. The standard InChI is InChI=1S/C18H29NO2/c1-4-20-16-11-9-15(10-12-16)17(19-3)18(21-5-2)13-7-6-8-14-18/h9-12,17,19H,4-8,13-14H2,1-3H3. The average molecular weight is 291 g/mol. The number of benzene rings is 1. The van der Waals surface area contributed by atoms with Crippen LogP contribution in [0, 0.1) is 0 Å². The van der Waals surface area contributed by atoms with E-state index in [4.69, 9.17) is 9.47 Å². The lowest BCUT2D eigenvalue weighted by Crippen LogP contribution is -2.46. The lowest BCUT2D eigenvalue weighted by atomic mass is 9.76. The summed E-state index contributed by atoms with van der Waals surface area (Å²) in [4.78, 5) is 0. The highest BCUT2D eigenvalue weighted by Gasteiger charge is 2.40. The molecule has 3 nitrogen and oxygen atoms in total. The van der Waals surface area contributed by atoms with Gasteiger partial charge in [-0.1, -0.05) is 31.4 Å². The second-order valence-electron chi connectivity index (χ2n) is 5.78. The lowest BCUT2D eigenvalue weighted by Gasteiger charge is -2.43. The Morgan fingerprint density at radius 1 is 1.05 bits per heavy atom. The molecular formula is C18H29NO2. The van der Waals surface area contributed by atoms with E-state index in [-0.39, 0.29) is 11.6 Å². The smallest absolute Gasteiger partial charge is 0.119 e. The molecule has 118 valence electrons. The number of likely N-dealkylation sites (N-methyl/N-ethyl adjacent to an activating group) is 1. The molecule has 0 heterocycles. The molecule has 0 bridgehead atoms. The summed E-state index contributed by atoms with van der Waals surface area (Å²) in [5, 5.41) is 3.50. The van der Waals surface area contributed by atoms with Crippen molar-refractivity contribution in [3.63, 3.8) is 0 Å². The molecule has 1 saturated carbocycles. The molecule has 3 heteroatoms. The topological polar surface area (TPSA) is 30.5 Å². The highest BCUT2D eigenvalue weighted by molar-refractivity contribution is 5.31. The van der Waals surface area contributed by atoms with Gasteiger partial charge in [0.15, 0.2) is 0 Å². The van der Waals surface area contributed by atoms with Crippen molar-refractivity contribution in [1.29, 1.82) is 0 Å². The van der Waals surface area contributed by atoms with Crippen molar-refractivity contribution in [2.45, 2.75) is 57.6 Å². The third-order valence-corrected chi connectivity index (χ3v) is 4.47. The van der Waals surface area contributed by atoms with E-state index >= 15 is 0 Å². The molecule has 0 saturated heterocycles. The molecule has 1 unspecified atom stereocenters. The Morgan fingerprint density at radius 2 is 1.71 bits per heavy atom. The van der Waals surface area contributed by atoms with E-state index in [9.17, 15) is 0 Å². The predicted molar refractivity (Wildman–Crippen MR) is 86.9 cm³/mol. The van der Waals surface area contributed by atoms with Gasteiger partial charge in [-0.25, -0.2) is 0 Å². The van der Waals surface area contributed by atoms with Crippen molar-refractivity contribution < 1.29 is 9.47 Å². The van der Waals surface area contributed by atoms with Crippen LogP contribution in [0.25, 0.3) is 0 Å². The molecule has 1 N–H and O–H groups in total. The average Bonchev–Trinajstić information content (AvgIpc) is 2.51. The first-order valence-corrected chi connectivity index (χ1v) is 8.29. The fourth-order valence-corrected chi connectivity index (χ4v) is 3.61. The Bertz CT molecular complexity index is 404. The van der Waals surface area contributed by atoms with E-state index in [1.807, 2.05) is 14.0 Å². The van der Waals surface area contributed by atoms with E-state index in [2.05, 4.69) is 36.5 Å². The van der Waals surface area contributed by atoms with Crippen LogP contribution in [0.5, 0.6) is 5.75 Å². The molecule has 0 radical (unpaired) electrons. The fraction of sp³-hybridized carbons (Fsp3) is 0.667. The minimum absolute atomic E-state index is 0.0606. The molecular weight excluding hydrogens is 262 g/mol. The maximum Gasteiger partial charge on any atom is 0.119 e. The van der Waals surface area contributed by atoms with Crippen molar-refractivity contribution in [3.05, 3.63) is 29.8 Å². The van der Waals surface area contributed by atoms with Crippen molar-refractivity contribution in [2.24, 2.45) is 0 Å². The van der Waals surface area contributed by atoms with Crippen LogP contribution in [0.15, 0.2) is 24.3 Å². The summed E-state index contributed by atoms with van der Waals surface area (Å²) in [6.45, 7) is 5.59. The monoisotopic (exact) mass is 291 g/mol. The maximum atomic E-state index is 6.26. The van der Waals surface area contributed by atoms with Gasteiger partial charge in [-0.2, -0.15) is 0 Å². The number of ether oxygens (including phenoxy) is 2. The first-order valence-electron chi connectivity index (χ1n) is 8.29. The fourth-order valence-electron chi connectivity index (χ4n) is 3.61. The molecule has 1 fully saturated rings. The van der Waals surface area contributed by atoms with Crippen molar-refractivity contribution in [3.8, 4) is 5.75 Å². The summed E-state index contributed by atoms with van der Waals surface area (Å²) in [6.07, 6.45) is 6.12. The molecule has 0 spiro atoms. The van der Waals surface area contributed by atoms with E-state index in [0.29, 0.717) is 6.61 Å². The molecule has 0 aliphatic heterocycles. The van der Waals surface area contributed by atoms with Crippen LogP contribution in [0.2, 0.25) is 0 Å². The Kier molecular flexibility index (Phi) is 6.07. The summed E-state index contributed by atoms with van der Waals surface area (Å²) in [6, 6.07) is 8.70. The molecule has 2 rings (SSSR count). The molecule has 0 amide bonds. The zero-order valence-corrected chi connectivity index (χ0v) is 13.7. The third kappa shape index (κ3) is 3.78. The van der Waals surface area contributed by atoms with Crippen LogP contribution >= 0.6 is 0 Å². The van der Waals surface area contributed by atoms with Crippen LogP contribution in [0.1, 0.15) is 57.6 Å². The molecule has 1 aromatic rings. The first kappa shape index (κ1) is 16.3. The van der Waals surface area contributed by atoms with Crippen molar-refractivity contribution >= 4 is 0 Å². The van der Waals surface area contributed by atoms with Crippen LogP contribution in [0.4, 0.5) is 0 Å². The number of rotatable bonds is 7. The third-order valence-electron chi connectivity index (χ3n) is 4.47. The molecule has 1 aliphatic rings. The van der Waals surface area contributed by atoms with Crippen LogP contribution in [-0.4, -0.2) is 25.9 Å². The van der Waals surface area contributed by atoms with E-state index in [1.165, 1.54) is 24.8 Å². The Morgan fingerprint density at radius 3 is 2.24 bits per heavy atom. The second-order valence-corrected chi connectivity index (χ2v) is 5.78. The minimum Gasteiger partial charge on any atom is -0.494 e. The van der Waals surface area contributed by atoms with Gasteiger partial charge in [-0.3, -0.25) is 0 Å². The van der Waals surface area contributed by atoms with Gasteiger partial charge < -0.3 is 14.8 Å². The van der Waals surface area contributed by atoms with E-state index in [1.54, 1.807) is 0 Å². The Labute approximate surface area is 129 Å². The van der Waals surface area contributed by atoms with Crippen LogP contribution in [0.3, 0.4) is 0 Å². The first-order chi connectivity index (χ1) is 10.3. The summed E-state index contributed by atoms with van der Waals surface area (Å²) >= 11 is 0. The highest BCUT2D eigenvalue weighted by atomic mass is 16.5. The molecule has 1 atom stereocenters. The Hall–Kier alpha value is -1.06. The Balaban J connectivity index is 2.22. The zero-order chi connectivity index (χ0) is 15.1. The van der Waals surface area contributed by atoms with Gasteiger partial charge in [-0.15, -0.1) is 0 Å². The predicted octanol–water partition coefficient (Wildman–Crippen LogP) is 4.09. The molecule has 1 aliphatic carbocycles. The lowest BCUT2D eigenvalue weighted by molar-refractivity contribution is -0.0898. The van der Waals surface area contributed by atoms with Gasteiger partial charge in [0.25, 0.3) is 0 Å². The van der Waals surface area contributed by atoms with Crippen LogP contribution < -0.4 is 10.1 Å². The summed E-state index contributed by atoms with van der Waals surface area (Å²) in [7, 11) is 2.04. The van der Waals surface area contributed by atoms with Gasteiger partial charge >= 0.3 is 0 Å². The SMILES string of the molecule is CCOc1ccc(C(NC)C2(OCC)CCCCC2)cc1. The number of hydrogen-bond donors (Lipinski definition) is 1. The molecule has 0 aromatic heterocycles.